The van der Waals surface area contributed by atoms with Crippen LogP contribution in [0.25, 0.3) is 0 Å². The van der Waals surface area contributed by atoms with Crippen molar-refractivity contribution in [2.45, 2.75) is 13.8 Å². The summed E-state index contributed by atoms with van der Waals surface area (Å²) in [6.45, 7) is 3.64. The zero-order valence-corrected chi connectivity index (χ0v) is 11.7. The molecule has 0 aromatic rings. The minimum Gasteiger partial charge on any atom is -0.0447 e. The second-order valence-corrected chi connectivity index (χ2v) is 2.42. The van der Waals surface area contributed by atoms with Crippen molar-refractivity contribution in [3.05, 3.63) is 76.4 Å². The molecule has 0 nitrogen and oxygen atoms in total. The second kappa shape index (κ2) is 17.0. The summed E-state index contributed by atoms with van der Waals surface area (Å²) in [5.74, 6) is 0. The molecular formula is C14H16Zr. The standard InChI is InChI=1S/2C5H5.C4H6.Zr/c2*1-2-4-5-3-1;1-3-4-2;/h2*1-5H;1-2H3;. The molecular weight excluding hydrogens is 259 g/mol. The topological polar surface area (TPSA) is 0 Å². The van der Waals surface area contributed by atoms with Gasteiger partial charge in [0.1, 0.15) is 0 Å². The van der Waals surface area contributed by atoms with Crippen LogP contribution in [0.3, 0.4) is 0 Å². The van der Waals surface area contributed by atoms with Crippen LogP contribution in [-0.2, 0) is 26.2 Å². The summed E-state index contributed by atoms with van der Waals surface area (Å²) >= 11 is 0. The minimum absolute atomic E-state index is 0. The summed E-state index contributed by atoms with van der Waals surface area (Å²) in [5.41, 5.74) is 0. The van der Waals surface area contributed by atoms with E-state index in [2.05, 4.69) is 12.2 Å². The van der Waals surface area contributed by atoms with Gasteiger partial charge in [0.2, 0.25) is 0 Å². The van der Waals surface area contributed by atoms with Gasteiger partial charge in [0.05, 0.1) is 0 Å². The Kier molecular flexibility index (Phi) is 20.4. The molecule has 15 heavy (non-hydrogen) atoms. The summed E-state index contributed by atoms with van der Waals surface area (Å²) in [7, 11) is 0. The predicted octanol–water partition coefficient (Wildman–Crippen LogP) is 3.23. The maximum atomic E-state index is 2.68. The molecule has 12 radical (unpaired) electrons. The Morgan fingerprint density at radius 3 is 0.667 bits per heavy atom. The van der Waals surface area contributed by atoms with Crippen LogP contribution in [0.1, 0.15) is 13.8 Å². The first kappa shape index (κ1) is 18.0. The largest absolute Gasteiger partial charge is 0.0447 e. The van der Waals surface area contributed by atoms with Gasteiger partial charge in [-0.2, -0.15) is 0 Å². The van der Waals surface area contributed by atoms with Crippen LogP contribution in [0, 0.1) is 76.4 Å². The molecule has 0 unspecified atom stereocenters. The Labute approximate surface area is 116 Å². The van der Waals surface area contributed by atoms with E-state index in [1.54, 1.807) is 0 Å². The van der Waals surface area contributed by atoms with E-state index in [0.717, 1.165) is 0 Å². The quantitative estimate of drug-likeness (QED) is 0.637. The van der Waals surface area contributed by atoms with Crippen molar-refractivity contribution >= 4 is 0 Å². The van der Waals surface area contributed by atoms with Crippen molar-refractivity contribution in [2.75, 3.05) is 0 Å². The van der Waals surface area contributed by atoms with E-state index >= 15 is 0 Å². The van der Waals surface area contributed by atoms with Crippen LogP contribution in [0.2, 0.25) is 0 Å². The van der Waals surface area contributed by atoms with Gasteiger partial charge >= 0.3 is 0 Å². The van der Waals surface area contributed by atoms with E-state index in [4.69, 9.17) is 0 Å². The maximum Gasteiger partial charge on any atom is 0 e. The Hall–Kier alpha value is 0.623. The predicted molar refractivity (Wildman–Crippen MR) is 60.8 cm³/mol. The molecule has 1 heteroatoms. The average Bonchev–Trinajstić information content (AvgIpc) is 2.94. The Morgan fingerprint density at radius 1 is 0.467 bits per heavy atom. The molecule has 0 aromatic carbocycles. The van der Waals surface area contributed by atoms with E-state index in [0.29, 0.717) is 0 Å². The van der Waals surface area contributed by atoms with Crippen molar-refractivity contribution in [1.29, 1.82) is 0 Å². The van der Waals surface area contributed by atoms with Gasteiger partial charge in [-0.05, 0) is 90.2 Å². The van der Waals surface area contributed by atoms with Crippen LogP contribution in [-0.4, -0.2) is 0 Å². The van der Waals surface area contributed by atoms with E-state index < -0.39 is 0 Å². The zero-order valence-electron chi connectivity index (χ0n) is 9.27. The van der Waals surface area contributed by atoms with Crippen LogP contribution in [0.5, 0.6) is 0 Å². The van der Waals surface area contributed by atoms with E-state index in [9.17, 15) is 0 Å². The smallest absolute Gasteiger partial charge is 0 e. The fraction of sp³-hybridized carbons (Fsp3) is 0.143. The summed E-state index contributed by atoms with van der Waals surface area (Å²) in [6, 6.07) is 0. The third-order valence-electron chi connectivity index (χ3n) is 1.36. The van der Waals surface area contributed by atoms with Gasteiger partial charge in [-0.3, -0.25) is 0 Å². The fourth-order valence-corrected chi connectivity index (χ4v) is 0.642. The van der Waals surface area contributed by atoms with E-state index in [-0.39, 0.29) is 26.2 Å². The van der Waals surface area contributed by atoms with Gasteiger partial charge < -0.3 is 0 Å². The summed E-state index contributed by atoms with van der Waals surface area (Å²) < 4.78 is 0. The molecule has 0 atom stereocenters. The molecule has 0 aliphatic heterocycles. The van der Waals surface area contributed by atoms with Crippen LogP contribution in [0.4, 0.5) is 0 Å². The van der Waals surface area contributed by atoms with Gasteiger partial charge in [-0.25, -0.2) is 0 Å². The van der Waals surface area contributed by atoms with Crippen molar-refractivity contribution in [1.82, 2.24) is 0 Å². The normalized spacial score (nSPS) is 18.5. The van der Waals surface area contributed by atoms with E-state index in [1.165, 1.54) is 0 Å². The minimum atomic E-state index is 0. The molecule has 2 saturated carbocycles. The van der Waals surface area contributed by atoms with Gasteiger partial charge in [0, 0.05) is 26.2 Å². The third-order valence-corrected chi connectivity index (χ3v) is 1.36. The average molecular weight is 276 g/mol. The SMILES string of the molecule is C[C]=[C]C.[CH]1[CH][CH][CH][CH]1.[CH]1[CH][CH][CH][CH]1.[Zr]. The van der Waals surface area contributed by atoms with E-state index in [1.807, 2.05) is 78.1 Å². The Morgan fingerprint density at radius 2 is 0.600 bits per heavy atom. The first-order chi connectivity index (χ1) is 6.91. The molecule has 2 rings (SSSR count). The summed E-state index contributed by atoms with van der Waals surface area (Å²) in [5, 5.41) is 0. The molecule has 0 spiro atoms. The molecule has 2 aliphatic rings. The van der Waals surface area contributed by atoms with Gasteiger partial charge in [0.15, 0.2) is 0 Å². The van der Waals surface area contributed by atoms with Gasteiger partial charge in [-0.1, -0.05) is 0 Å². The van der Waals surface area contributed by atoms with Gasteiger partial charge in [0.25, 0.3) is 0 Å². The maximum absolute atomic E-state index is 2.68. The Balaban J connectivity index is 0. The third kappa shape index (κ3) is 17.2. The number of allylic oxidation sites excluding steroid dienone is 2. The first-order valence-electron chi connectivity index (χ1n) is 4.58. The number of hydrogen-bond acceptors (Lipinski definition) is 0. The first-order valence-corrected chi connectivity index (χ1v) is 4.58. The molecule has 2 fully saturated rings. The van der Waals surface area contributed by atoms with Crippen LogP contribution < -0.4 is 0 Å². The molecule has 0 heterocycles. The molecule has 0 saturated heterocycles. The number of rotatable bonds is 0. The monoisotopic (exact) mass is 274 g/mol. The molecule has 76 valence electrons. The van der Waals surface area contributed by atoms with Crippen molar-refractivity contribution in [3.63, 3.8) is 0 Å². The molecule has 0 amide bonds. The molecule has 0 bridgehead atoms. The molecule has 2 aliphatic carbocycles. The van der Waals surface area contributed by atoms with Crippen molar-refractivity contribution < 1.29 is 26.2 Å². The van der Waals surface area contributed by atoms with Crippen LogP contribution >= 0.6 is 0 Å². The molecule has 0 aromatic heterocycles. The second-order valence-electron chi connectivity index (χ2n) is 2.42. The van der Waals surface area contributed by atoms with Crippen molar-refractivity contribution in [3.8, 4) is 0 Å². The van der Waals surface area contributed by atoms with Crippen molar-refractivity contribution in [2.24, 2.45) is 0 Å². The summed E-state index contributed by atoms with van der Waals surface area (Å²) in [4.78, 5) is 0. The van der Waals surface area contributed by atoms with Crippen LogP contribution in [0.15, 0.2) is 0 Å². The Bertz CT molecular complexity index is 81.3. The number of hydrogen-bond donors (Lipinski definition) is 0. The fourth-order valence-electron chi connectivity index (χ4n) is 0.642. The van der Waals surface area contributed by atoms with Gasteiger partial charge in [-0.15, -0.1) is 0 Å². The summed E-state index contributed by atoms with van der Waals surface area (Å²) in [6.07, 6.45) is 25.4. The molecule has 0 N–H and O–H groups in total. The zero-order chi connectivity index (χ0) is 10.5.